The molecule has 0 radical (unpaired) electrons. The number of hydrogen-bond acceptors (Lipinski definition) is 7. The number of quaternary nitrogens is 1. The third kappa shape index (κ3) is 3.20. The number of cyclic esters (lactones) is 1. The van der Waals surface area contributed by atoms with Crippen LogP contribution in [0.4, 0.5) is 0 Å². The van der Waals surface area contributed by atoms with E-state index >= 15 is 0 Å². The summed E-state index contributed by atoms with van der Waals surface area (Å²) in [5, 5.41) is 13.9. The molecule has 2 unspecified atom stereocenters. The van der Waals surface area contributed by atoms with Crippen LogP contribution in [0.2, 0.25) is 0 Å². The molecular weight excluding hydrogens is 378 g/mol. The van der Waals surface area contributed by atoms with Gasteiger partial charge in [0.2, 0.25) is 5.60 Å². The number of rotatable bonds is 2. The van der Waals surface area contributed by atoms with E-state index in [2.05, 4.69) is 6.58 Å². The lowest BCUT2D eigenvalue weighted by Gasteiger charge is -2.49. The Morgan fingerprint density at radius 2 is 2.14 bits per heavy atom. The van der Waals surface area contributed by atoms with Crippen LogP contribution in [0.15, 0.2) is 36.0 Å². The van der Waals surface area contributed by atoms with Crippen LogP contribution in [-0.4, -0.2) is 66.6 Å². The first-order valence-corrected chi connectivity index (χ1v) is 9.64. The first kappa shape index (κ1) is 21.3. The molecule has 0 N–H and O–H groups in total. The highest BCUT2D eigenvalue weighted by molar-refractivity contribution is 5.92. The normalized spacial score (nSPS) is 39.8. The van der Waals surface area contributed by atoms with Gasteiger partial charge in [-0.15, -0.1) is 0 Å². The molecule has 0 saturated carbocycles. The van der Waals surface area contributed by atoms with E-state index < -0.39 is 41.3 Å². The average Bonchev–Trinajstić information content (AvgIpc) is 3.04. The molecule has 8 nitrogen and oxygen atoms in total. The van der Waals surface area contributed by atoms with E-state index in [0.717, 1.165) is 0 Å². The molecule has 0 aromatic carbocycles. The third-order valence-corrected chi connectivity index (χ3v) is 6.45. The van der Waals surface area contributed by atoms with Crippen molar-refractivity contribution in [1.82, 2.24) is 0 Å². The average molecular weight is 405 g/mol. The standard InChI is InChI=1S/C21H27NO7/c1-6-15-11-13(2)20(4,29-14(3)23)19(25)27-12-16-7-9-22(5)10-8-17(21(16,22)26)28-18(15)24/h6-7,11,13,17H,1,8-10,12H2,2-5H3/t13-,17+,20-,21?,22?/m0/s1. The molecule has 158 valence electrons. The summed E-state index contributed by atoms with van der Waals surface area (Å²) < 4.78 is 16.5. The zero-order valence-corrected chi connectivity index (χ0v) is 17.2. The van der Waals surface area contributed by atoms with Gasteiger partial charge in [-0.1, -0.05) is 25.7 Å². The van der Waals surface area contributed by atoms with Gasteiger partial charge in [0.25, 0.3) is 0 Å². The fraction of sp³-hybridized carbons (Fsp3) is 0.571. The fourth-order valence-corrected chi connectivity index (χ4v) is 4.40. The summed E-state index contributed by atoms with van der Waals surface area (Å²) >= 11 is 0. The van der Waals surface area contributed by atoms with Gasteiger partial charge in [-0.05, 0) is 13.0 Å². The van der Waals surface area contributed by atoms with Crippen molar-refractivity contribution in [2.75, 3.05) is 26.7 Å². The summed E-state index contributed by atoms with van der Waals surface area (Å²) in [7, 11) is 1.81. The SMILES string of the molecule is C=CC1=C[C@H](C)[C@](C)(OC(C)=O)C(=O)OCC2=CC[N+]3(C)CC[C@@H](OC1=O)C23[O-]. The number of likely N-dealkylation sites (N-methyl/N-ethyl adjacent to an activating group) is 1. The highest BCUT2D eigenvalue weighted by atomic mass is 16.6. The van der Waals surface area contributed by atoms with E-state index in [1.54, 1.807) is 13.0 Å². The zero-order valence-electron chi connectivity index (χ0n) is 17.2. The van der Waals surface area contributed by atoms with E-state index in [0.29, 0.717) is 25.1 Å². The molecule has 8 heteroatoms. The van der Waals surface area contributed by atoms with E-state index in [4.69, 9.17) is 14.2 Å². The van der Waals surface area contributed by atoms with Gasteiger partial charge >= 0.3 is 17.9 Å². The topological polar surface area (TPSA) is 102 Å². The molecule has 3 rings (SSSR count). The number of nitrogens with zero attached hydrogens (tertiary/aromatic N) is 1. The highest BCUT2D eigenvalue weighted by Gasteiger charge is 2.58. The second kappa shape index (κ2) is 7.11. The van der Waals surface area contributed by atoms with E-state index in [1.807, 2.05) is 7.05 Å². The second-order valence-electron chi connectivity index (χ2n) is 8.30. The van der Waals surface area contributed by atoms with Gasteiger partial charge < -0.3 is 23.8 Å². The minimum atomic E-state index is -1.73. The van der Waals surface area contributed by atoms with E-state index in [-0.39, 0.29) is 16.7 Å². The van der Waals surface area contributed by atoms with Crippen molar-refractivity contribution in [3.63, 3.8) is 0 Å². The molecule has 0 spiro atoms. The van der Waals surface area contributed by atoms with Crippen LogP contribution < -0.4 is 5.11 Å². The van der Waals surface area contributed by atoms with Gasteiger partial charge in [0, 0.05) is 24.8 Å². The molecule has 3 heterocycles. The summed E-state index contributed by atoms with van der Waals surface area (Å²) in [5.41, 5.74) is -2.95. The molecule has 1 saturated heterocycles. The van der Waals surface area contributed by atoms with Crippen molar-refractivity contribution in [2.24, 2.45) is 5.92 Å². The maximum Gasteiger partial charge on any atom is 0.351 e. The molecule has 0 aromatic rings. The minimum absolute atomic E-state index is 0.0949. The van der Waals surface area contributed by atoms with Crippen molar-refractivity contribution < 1.29 is 38.2 Å². The van der Waals surface area contributed by atoms with Crippen LogP contribution in [0, 0.1) is 5.92 Å². The predicted molar refractivity (Wildman–Crippen MR) is 99.8 cm³/mol. The van der Waals surface area contributed by atoms with Crippen molar-refractivity contribution in [3.05, 3.63) is 36.0 Å². The molecule has 0 aliphatic carbocycles. The van der Waals surface area contributed by atoms with E-state index in [9.17, 15) is 19.5 Å². The van der Waals surface area contributed by atoms with Crippen LogP contribution >= 0.6 is 0 Å². The lowest BCUT2D eigenvalue weighted by Crippen LogP contribution is -2.69. The summed E-state index contributed by atoms with van der Waals surface area (Å²) in [6.07, 6.45) is 4.04. The minimum Gasteiger partial charge on any atom is -0.797 e. The Morgan fingerprint density at radius 3 is 2.76 bits per heavy atom. The molecule has 0 aromatic heterocycles. The van der Waals surface area contributed by atoms with Crippen molar-refractivity contribution in [1.29, 1.82) is 0 Å². The molecule has 5 atom stereocenters. The number of ether oxygens (including phenoxy) is 3. The second-order valence-corrected chi connectivity index (χ2v) is 8.30. The molecule has 0 amide bonds. The van der Waals surface area contributed by atoms with E-state index in [1.165, 1.54) is 26.0 Å². The van der Waals surface area contributed by atoms with Gasteiger partial charge in [0.05, 0.1) is 31.4 Å². The fourth-order valence-electron chi connectivity index (χ4n) is 4.40. The van der Waals surface area contributed by atoms with Gasteiger partial charge in [-0.3, -0.25) is 4.79 Å². The number of hydrogen-bond donors (Lipinski definition) is 0. The Kier molecular flexibility index (Phi) is 5.21. The summed E-state index contributed by atoms with van der Waals surface area (Å²) in [6.45, 7) is 8.64. The third-order valence-electron chi connectivity index (χ3n) is 6.45. The Balaban J connectivity index is 2.08. The molecule has 29 heavy (non-hydrogen) atoms. The maximum absolute atomic E-state index is 13.9. The van der Waals surface area contributed by atoms with Gasteiger partial charge in [0.15, 0.2) is 6.10 Å². The summed E-state index contributed by atoms with van der Waals surface area (Å²) in [5.74, 6) is -2.85. The van der Waals surface area contributed by atoms with Crippen molar-refractivity contribution in [2.45, 2.75) is 44.6 Å². The Morgan fingerprint density at radius 1 is 1.45 bits per heavy atom. The predicted octanol–water partition coefficient (Wildman–Crippen LogP) is 0.372. The maximum atomic E-state index is 13.9. The van der Waals surface area contributed by atoms with Crippen LogP contribution in [0.5, 0.6) is 0 Å². The first-order valence-electron chi connectivity index (χ1n) is 9.64. The Bertz CT molecular complexity index is 831. The quantitative estimate of drug-likeness (QED) is 0.283. The molecule has 3 aliphatic rings. The smallest absolute Gasteiger partial charge is 0.351 e. The van der Waals surface area contributed by atoms with Crippen LogP contribution in [0.1, 0.15) is 27.2 Å². The van der Waals surface area contributed by atoms with Gasteiger partial charge in [0.1, 0.15) is 6.61 Å². The van der Waals surface area contributed by atoms with Crippen LogP contribution in [-0.2, 0) is 28.6 Å². The van der Waals surface area contributed by atoms with Crippen LogP contribution in [0.3, 0.4) is 0 Å². The summed E-state index contributed by atoms with van der Waals surface area (Å²) in [6, 6.07) is 0. The number of esters is 3. The molecule has 0 bridgehead atoms. The largest absolute Gasteiger partial charge is 0.797 e. The van der Waals surface area contributed by atoms with Crippen molar-refractivity contribution >= 4 is 17.9 Å². The molecule has 3 aliphatic heterocycles. The van der Waals surface area contributed by atoms with Gasteiger partial charge in [-0.25, -0.2) is 9.59 Å². The monoisotopic (exact) mass is 405 g/mol. The first-order chi connectivity index (χ1) is 13.5. The lowest BCUT2D eigenvalue weighted by atomic mass is 9.88. The summed E-state index contributed by atoms with van der Waals surface area (Å²) in [4.78, 5) is 37.4. The van der Waals surface area contributed by atoms with Crippen molar-refractivity contribution in [3.8, 4) is 0 Å². The number of carbonyl (C=O) groups excluding carboxylic acids is 3. The Labute approximate surface area is 170 Å². The van der Waals surface area contributed by atoms with Crippen LogP contribution in [0.25, 0.3) is 0 Å². The zero-order chi connectivity index (χ0) is 21.6. The highest BCUT2D eigenvalue weighted by Crippen LogP contribution is 2.43. The number of carbonyl (C=O) groups is 3. The molecular formula is C21H27NO7. The molecule has 1 fully saturated rings. The Hall–Kier alpha value is -2.45. The lowest BCUT2D eigenvalue weighted by molar-refractivity contribution is -1.01. The van der Waals surface area contributed by atoms with Gasteiger partial charge in [-0.2, -0.15) is 0 Å².